The summed E-state index contributed by atoms with van der Waals surface area (Å²) in [4.78, 5) is 28.8. The smallest absolute Gasteiger partial charge is 0.242 e. The van der Waals surface area contributed by atoms with Crippen molar-refractivity contribution in [3.8, 4) is 0 Å². The van der Waals surface area contributed by atoms with Crippen molar-refractivity contribution < 1.29 is 9.59 Å². The zero-order chi connectivity index (χ0) is 23.1. The summed E-state index contributed by atoms with van der Waals surface area (Å²) < 4.78 is 0. The van der Waals surface area contributed by atoms with Crippen molar-refractivity contribution in [2.45, 2.75) is 62.6 Å². The zero-order valence-electron chi connectivity index (χ0n) is 18.0. The second-order valence-corrected chi connectivity index (χ2v) is 10.3. The molecule has 1 fully saturated rings. The highest BCUT2D eigenvalue weighted by molar-refractivity contribution is 8.00. The lowest BCUT2D eigenvalue weighted by molar-refractivity contribution is -0.139. The van der Waals surface area contributed by atoms with E-state index in [9.17, 15) is 9.59 Å². The lowest BCUT2D eigenvalue weighted by atomic mass is 9.95. The summed E-state index contributed by atoms with van der Waals surface area (Å²) in [5, 5.41) is 4.66. The molecule has 4 nitrogen and oxygen atoms in total. The fourth-order valence-corrected chi connectivity index (χ4v) is 4.98. The van der Waals surface area contributed by atoms with Crippen LogP contribution < -0.4 is 5.32 Å². The second-order valence-electron chi connectivity index (χ2n) is 8.03. The van der Waals surface area contributed by atoms with E-state index in [1.165, 1.54) is 18.2 Å². The van der Waals surface area contributed by atoms with Gasteiger partial charge in [-0.1, -0.05) is 60.1 Å². The first-order chi connectivity index (χ1) is 15.3. The SMILES string of the molecule is C[C@@H](C(=O)NC1CCCCC1)N(Cc1ccc(Cl)c(Cl)c1)C(=O)CSc1ccc(Cl)cc1. The summed E-state index contributed by atoms with van der Waals surface area (Å²) in [5.41, 5.74) is 0.821. The average Bonchev–Trinajstić information content (AvgIpc) is 2.79. The van der Waals surface area contributed by atoms with Gasteiger partial charge >= 0.3 is 0 Å². The quantitative estimate of drug-likeness (QED) is 0.404. The number of carbonyl (C=O) groups is 2. The lowest BCUT2D eigenvalue weighted by Crippen LogP contribution is -2.50. The third-order valence-electron chi connectivity index (χ3n) is 5.63. The first-order valence-electron chi connectivity index (χ1n) is 10.8. The highest BCUT2D eigenvalue weighted by Gasteiger charge is 2.28. The molecular weight excluding hydrogens is 487 g/mol. The van der Waals surface area contributed by atoms with Gasteiger partial charge in [0.25, 0.3) is 0 Å². The molecule has 0 heterocycles. The molecule has 2 aromatic carbocycles. The van der Waals surface area contributed by atoms with Gasteiger partial charge in [-0.3, -0.25) is 9.59 Å². The van der Waals surface area contributed by atoms with Gasteiger partial charge in [-0.25, -0.2) is 0 Å². The van der Waals surface area contributed by atoms with Crippen LogP contribution in [0, 0.1) is 0 Å². The number of nitrogens with zero attached hydrogens (tertiary/aromatic N) is 1. The van der Waals surface area contributed by atoms with Gasteiger partial charge in [0.2, 0.25) is 11.8 Å². The number of thioether (sulfide) groups is 1. The maximum atomic E-state index is 13.2. The average molecular weight is 514 g/mol. The summed E-state index contributed by atoms with van der Waals surface area (Å²) >= 11 is 19.6. The molecule has 1 aliphatic carbocycles. The number of rotatable bonds is 8. The van der Waals surface area contributed by atoms with Crippen LogP contribution in [0.5, 0.6) is 0 Å². The number of hydrogen-bond donors (Lipinski definition) is 1. The predicted octanol–water partition coefficient (Wildman–Crippen LogP) is 6.61. The number of nitrogens with one attached hydrogen (secondary N) is 1. The minimum Gasteiger partial charge on any atom is -0.352 e. The van der Waals surface area contributed by atoms with Crippen molar-refractivity contribution >= 4 is 58.4 Å². The Labute approximate surface area is 209 Å². The summed E-state index contributed by atoms with van der Waals surface area (Å²) in [7, 11) is 0. The Morgan fingerprint density at radius 3 is 2.38 bits per heavy atom. The third-order valence-corrected chi connectivity index (χ3v) is 7.62. The lowest BCUT2D eigenvalue weighted by Gasteiger charge is -2.31. The second kappa shape index (κ2) is 12.2. The molecule has 0 bridgehead atoms. The van der Waals surface area contributed by atoms with E-state index in [4.69, 9.17) is 34.8 Å². The molecule has 2 amide bonds. The standard InChI is InChI=1S/C24H27Cl3N2O2S/c1-16(24(31)28-19-5-3-2-4-6-19)29(14-17-7-12-21(26)22(27)13-17)23(30)15-32-20-10-8-18(25)9-11-20/h7-13,16,19H,2-6,14-15H2,1H3,(H,28,31)/t16-/m0/s1. The molecule has 0 spiro atoms. The Hall–Kier alpha value is -1.40. The predicted molar refractivity (Wildman–Crippen MR) is 134 cm³/mol. The molecule has 1 aliphatic rings. The molecule has 1 N–H and O–H groups in total. The van der Waals surface area contributed by atoms with E-state index in [0.29, 0.717) is 15.1 Å². The van der Waals surface area contributed by atoms with Gasteiger partial charge in [0.15, 0.2) is 0 Å². The van der Waals surface area contributed by atoms with Gasteiger partial charge in [-0.15, -0.1) is 11.8 Å². The monoisotopic (exact) mass is 512 g/mol. The van der Waals surface area contributed by atoms with Gasteiger partial charge in [-0.05, 0) is 61.7 Å². The zero-order valence-corrected chi connectivity index (χ0v) is 21.0. The Bertz CT molecular complexity index is 933. The Kier molecular flexibility index (Phi) is 9.60. The molecule has 0 saturated heterocycles. The highest BCUT2D eigenvalue weighted by atomic mass is 35.5. The van der Waals surface area contributed by atoms with Crippen molar-refractivity contribution in [1.82, 2.24) is 10.2 Å². The maximum Gasteiger partial charge on any atom is 0.242 e. The molecule has 0 aliphatic heterocycles. The summed E-state index contributed by atoms with van der Waals surface area (Å²) in [6, 6.07) is 12.2. The topological polar surface area (TPSA) is 49.4 Å². The van der Waals surface area contributed by atoms with Crippen LogP contribution in [0.2, 0.25) is 15.1 Å². The van der Waals surface area contributed by atoms with Crippen LogP contribution in [0.15, 0.2) is 47.4 Å². The van der Waals surface area contributed by atoms with Crippen molar-refractivity contribution in [2.24, 2.45) is 0 Å². The van der Waals surface area contributed by atoms with Crippen LogP contribution in [0.25, 0.3) is 0 Å². The minimum absolute atomic E-state index is 0.123. The summed E-state index contributed by atoms with van der Waals surface area (Å²) in [6.07, 6.45) is 5.45. The van der Waals surface area contributed by atoms with Crippen molar-refractivity contribution in [3.63, 3.8) is 0 Å². The van der Waals surface area contributed by atoms with Gasteiger partial charge in [-0.2, -0.15) is 0 Å². The Morgan fingerprint density at radius 1 is 1.03 bits per heavy atom. The van der Waals surface area contributed by atoms with Gasteiger partial charge < -0.3 is 10.2 Å². The first-order valence-corrected chi connectivity index (χ1v) is 12.9. The molecule has 0 aromatic heterocycles. The third kappa shape index (κ3) is 7.31. The Morgan fingerprint density at radius 2 is 1.72 bits per heavy atom. The van der Waals surface area contributed by atoms with E-state index in [1.54, 1.807) is 36.1 Å². The number of amides is 2. The molecule has 2 aromatic rings. The van der Waals surface area contributed by atoms with Crippen LogP contribution in [0.4, 0.5) is 0 Å². The van der Waals surface area contributed by atoms with Crippen LogP contribution >= 0.6 is 46.6 Å². The van der Waals surface area contributed by atoms with E-state index < -0.39 is 6.04 Å². The van der Waals surface area contributed by atoms with Gasteiger partial charge in [0.05, 0.1) is 15.8 Å². The fourth-order valence-electron chi connectivity index (χ4n) is 3.74. The van der Waals surface area contributed by atoms with E-state index in [-0.39, 0.29) is 30.2 Å². The molecule has 1 atom stereocenters. The van der Waals surface area contributed by atoms with Crippen LogP contribution in [0.3, 0.4) is 0 Å². The van der Waals surface area contributed by atoms with E-state index >= 15 is 0 Å². The van der Waals surface area contributed by atoms with Crippen molar-refractivity contribution in [2.75, 3.05) is 5.75 Å². The van der Waals surface area contributed by atoms with E-state index in [0.717, 1.165) is 36.1 Å². The molecule has 8 heteroatoms. The molecule has 0 unspecified atom stereocenters. The fraction of sp³-hybridized carbons (Fsp3) is 0.417. The maximum absolute atomic E-state index is 13.2. The number of carbonyl (C=O) groups excluding carboxylic acids is 2. The molecular formula is C24H27Cl3N2O2S. The van der Waals surface area contributed by atoms with E-state index in [2.05, 4.69) is 5.32 Å². The minimum atomic E-state index is -0.607. The molecule has 172 valence electrons. The normalized spacial score (nSPS) is 15.2. The highest BCUT2D eigenvalue weighted by Crippen LogP contribution is 2.25. The van der Waals surface area contributed by atoms with Crippen LogP contribution in [0.1, 0.15) is 44.6 Å². The molecule has 1 saturated carbocycles. The van der Waals surface area contributed by atoms with Gasteiger partial charge in [0.1, 0.15) is 6.04 Å². The van der Waals surface area contributed by atoms with E-state index in [1.807, 2.05) is 18.2 Å². The first kappa shape index (κ1) is 25.2. The van der Waals surface area contributed by atoms with Crippen molar-refractivity contribution in [3.05, 3.63) is 63.1 Å². The molecule has 32 heavy (non-hydrogen) atoms. The number of hydrogen-bond acceptors (Lipinski definition) is 3. The largest absolute Gasteiger partial charge is 0.352 e. The number of benzene rings is 2. The van der Waals surface area contributed by atoms with Crippen LogP contribution in [-0.4, -0.2) is 34.6 Å². The Balaban J connectivity index is 1.72. The molecule has 3 rings (SSSR count). The number of halogens is 3. The summed E-state index contributed by atoms with van der Waals surface area (Å²) in [6.45, 7) is 2.05. The molecule has 0 radical (unpaired) electrons. The van der Waals surface area contributed by atoms with Gasteiger partial charge in [0, 0.05) is 22.5 Å². The summed E-state index contributed by atoms with van der Waals surface area (Å²) in [5.74, 6) is -0.0339. The van der Waals surface area contributed by atoms with Crippen LogP contribution in [-0.2, 0) is 16.1 Å². The van der Waals surface area contributed by atoms with Crippen molar-refractivity contribution in [1.29, 1.82) is 0 Å².